The van der Waals surface area contributed by atoms with Crippen LogP contribution in [0.2, 0.25) is 0 Å². The van der Waals surface area contributed by atoms with Crippen molar-refractivity contribution >= 4 is 5.97 Å². The highest BCUT2D eigenvalue weighted by molar-refractivity contribution is 5.89. The summed E-state index contributed by atoms with van der Waals surface area (Å²) in [5, 5.41) is 0. The summed E-state index contributed by atoms with van der Waals surface area (Å²) in [4.78, 5) is 11.7. The maximum atomic E-state index is 12.4. The van der Waals surface area contributed by atoms with Gasteiger partial charge < -0.3 is 4.74 Å². The van der Waals surface area contributed by atoms with E-state index in [0.717, 1.165) is 49.9 Å². The Labute approximate surface area is 141 Å². The highest BCUT2D eigenvalue weighted by Gasteiger charge is 2.30. The van der Waals surface area contributed by atoms with E-state index in [4.69, 9.17) is 4.74 Å². The van der Waals surface area contributed by atoms with Crippen LogP contribution in [0.4, 0.5) is 13.2 Å². The Bertz CT molecular complexity index is 492. The van der Waals surface area contributed by atoms with Crippen molar-refractivity contribution < 1.29 is 22.7 Å². The molecule has 0 aromatic heterocycles. The molecule has 0 amide bonds. The predicted molar refractivity (Wildman–Crippen MR) is 88.9 cm³/mol. The minimum Gasteiger partial charge on any atom is -0.462 e. The first kappa shape index (κ1) is 20.3. The third kappa shape index (κ3) is 8.18. The van der Waals surface area contributed by atoms with E-state index in [0.29, 0.717) is 6.61 Å². The lowest BCUT2D eigenvalue weighted by atomic mass is 10.1. The van der Waals surface area contributed by atoms with E-state index in [1.54, 1.807) is 0 Å². The maximum Gasteiger partial charge on any atom is 0.416 e. The number of rotatable bonds is 11. The van der Waals surface area contributed by atoms with Crippen molar-refractivity contribution in [1.29, 1.82) is 0 Å². The zero-order valence-electron chi connectivity index (χ0n) is 13.9. The summed E-state index contributed by atoms with van der Waals surface area (Å²) >= 11 is 0. The molecule has 0 atom stereocenters. The first-order valence-electron chi connectivity index (χ1n) is 8.40. The predicted octanol–water partition coefficient (Wildman–Crippen LogP) is 6.17. The number of hydrogen-bond acceptors (Lipinski definition) is 2. The summed E-state index contributed by atoms with van der Waals surface area (Å²) in [7, 11) is 0. The van der Waals surface area contributed by atoms with Crippen molar-refractivity contribution in [2.24, 2.45) is 0 Å². The van der Waals surface area contributed by atoms with Crippen LogP contribution in [0.5, 0.6) is 0 Å². The second-order valence-electron chi connectivity index (χ2n) is 5.76. The summed E-state index contributed by atoms with van der Waals surface area (Å²) in [6, 6.07) is 4.08. The SMILES string of the molecule is C=CCCCCCCCCCOC(=O)c1ccc(C(F)(F)F)cc1. The zero-order valence-corrected chi connectivity index (χ0v) is 13.9. The van der Waals surface area contributed by atoms with Crippen LogP contribution in [-0.2, 0) is 10.9 Å². The van der Waals surface area contributed by atoms with Crippen molar-refractivity contribution in [3.05, 3.63) is 48.0 Å². The van der Waals surface area contributed by atoms with Gasteiger partial charge in [0, 0.05) is 0 Å². The highest BCUT2D eigenvalue weighted by Crippen LogP contribution is 2.29. The fourth-order valence-corrected chi connectivity index (χ4v) is 2.32. The molecule has 0 aliphatic heterocycles. The van der Waals surface area contributed by atoms with Crippen molar-refractivity contribution in [3.63, 3.8) is 0 Å². The zero-order chi connectivity index (χ0) is 17.8. The van der Waals surface area contributed by atoms with Gasteiger partial charge in [-0.1, -0.05) is 38.2 Å². The van der Waals surface area contributed by atoms with E-state index in [9.17, 15) is 18.0 Å². The number of alkyl halides is 3. The van der Waals surface area contributed by atoms with Gasteiger partial charge in [-0.15, -0.1) is 6.58 Å². The molecule has 0 aliphatic rings. The molecular weight excluding hydrogens is 317 g/mol. The van der Waals surface area contributed by atoms with Crippen LogP contribution in [0.3, 0.4) is 0 Å². The van der Waals surface area contributed by atoms with Crippen LogP contribution in [0.15, 0.2) is 36.9 Å². The molecule has 0 aliphatic carbocycles. The molecule has 1 aromatic carbocycles. The lowest BCUT2D eigenvalue weighted by Gasteiger charge is -2.08. The summed E-state index contributed by atoms with van der Waals surface area (Å²) < 4.78 is 42.4. The molecule has 5 heteroatoms. The van der Waals surface area contributed by atoms with E-state index < -0.39 is 17.7 Å². The standard InChI is InChI=1S/C19H25F3O2/c1-2-3-4-5-6-7-8-9-10-15-24-18(23)16-11-13-17(14-12-16)19(20,21)22/h2,11-14H,1,3-10,15H2. The summed E-state index contributed by atoms with van der Waals surface area (Å²) in [6.45, 7) is 3.99. The average molecular weight is 342 g/mol. The molecule has 1 aromatic rings. The lowest BCUT2D eigenvalue weighted by Crippen LogP contribution is -2.08. The Morgan fingerprint density at radius 3 is 2.04 bits per heavy atom. The third-order valence-electron chi connectivity index (χ3n) is 3.73. The van der Waals surface area contributed by atoms with Crippen LogP contribution in [0.1, 0.15) is 67.3 Å². The summed E-state index contributed by atoms with van der Waals surface area (Å²) in [6.07, 6.45) is 6.26. The fraction of sp³-hybridized carbons (Fsp3) is 0.526. The Hall–Kier alpha value is -1.78. The molecule has 0 saturated heterocycles. The molecule has 0 saturated carbocycles. The van der Waals surface area contributed by atoms with Crippen LogP contribution in [-0.4, -0.2) is 12.6 Å². The number of esters is 1. The second kappa shape index (κ2) is 10.9. The highest BCUT2D eigenvalue weighted by atomic mass is 19.4. The molecule has 0 spiro atoms. The smallest absolute Gasteiger partial charge is 0.416 e. The van der Waals surface area contributed by atoms with E-state index >= 15 is 0 Å². The van der Waals surface area contributed by atoms with Crippen molar-refractivity contribution in [2.75, 3.05) is 6.61 Å². The minimum atomic E-state index is -4.39. The van der Waals surface area contributed by atoms with Crippen molar-refractivity contribution in [1.82, 2.24) is 0 Å². The van der Waals surface area contributed by atoms with Gasteiger partial charge in [0.25, 0.3) is 0 Å². The number of unbranched alkanes of at least 4 members (excludes halogenated alkanes) is 7. The van der Waals surface area contributed by atoms with Gasteiger partial charge in [-0.25, -0.2) is 4.79 Å². The Morgan fingerprint density at radius 2 is 1.50 bits per heavy atom. The quantitative estimate of drug-likeness (QED) is 0.273. The van der Waals surface area contributed by atoms with Crippen molar-refractivity contribution in [2.45, 2.75) is 57.5 Å². The van der Waals surface area contributed by atoms with Crippen molar-refractivity contribution in [3.8, 4) is 0 Å². The summed E-state index contributed by atoms with van der Waals surface area (Å²) in [5.74, 6) is -0.576. The van der Waals surface area contributed by atoms with Crippen LogP contribution >= 0.6 is 0 Å². The molecule has 0 N–H and O–H groups in total. The molecule has 0 fully saturated rings. The van der Waals surface area contributed by atoms with E-state index in [2.05, 4.69) is 6.58 Å². The van der Waals surface area contributed by atoms with Gasteiger partial charge >= 0.3 is 12.1 Å². The lowest BCUT2D eigenvalue weighted by molar-refractivity contribution is -0.137. The number of benzene rings is 1. The molecule has 0 unspecified atom stereocenters. The topological polar surface area (TPSA) is 26.3 Å². The van der Waals surface area contributed by atoms with Crippen LogP contribution in [0, 0.1) is 0 Å². The first-order valence-corrected chi connectivity index (χ1v) is 8.40. The number of allylic oxidation sites excluding steroid dienone is 1. The molecule has 1 rings (SSSR count). The van der Waals surface area contributed by atoms with Crippen LogP contribution in [0.25, 0.3) is 0 Å². The Balaban J connectivity index is 2.13. The monoisotopic (exact) mass is 342 g/mol. The molecule has 0 radical (unpaired) electrons. The molecule has 0 bridgehead atoms. The fourth-order valence-electron chi connectivity index (χ4n) is 2.32. The number of hydrogen-bond donors (Lipinski definition) is 0. The molecule has 2 nitrogen and oxygen atoms in total. The first-order chi connectivity index (χ1) is 11.4. The van der Waals surface area contributed by atoms with E-state index in [1.807, 2.05) is 6.08 Å². The molecular formula is C19H25F3O2. The second-order valence-corrected chi connectivity index (χ2v) is 5.76. The number of halogens is 3. The van der Waals surface area contributed by atoms with Gasteiger partial charge in [0.1, 0.15) is 0 Å². The Morgan fingerprint density at radius 1 is 0.958 bits per heavy atom. The minimum absolute atomic E-state index is 0.144. The number of ether oxygens (including phenoxy) is 1. The van der Waals surface area contributed by atoms with Crippen LogP contribution < -0.4 is 0 Å². The van der Waals surface area contributed by atoms with Gasteiger partial charge in [-0.3, -0.25) is 0 Å². The normalized spacial score (nSPS) is 11.3. The Kier molecular flexibility index (Phi) is 9.20. The molecule has 0 heterocycles. The summed E-state index contributed by atoms with van der Waals surface area (Å²) in [5.41, 5.74) is -0.627. The van der Waals surface area contributed by atoms with E-state index in [-0.39, 0.29) is 5.56 Å². The largest absolute Gasteiger partial charge is 0.462 e. The molecule has 134 valence electrons. The average Bonchev–Trinajstić information content (AvgIpc) is 2.55. The van der Waals surface area contributed by atoms with Gasteiger partial charge in [-0.05, 0) is 43.5 Å². The van der Waals surface area contributed by atoms with Gasteiger partial charge in [0.05, 0.1) is 17.7 Å². The molecule has 24 heavy (non-hydrogen) atoms. The third-order valence-corrected chi connectivity index (χ3v) is 3.73. The van der Waals surface area contributed by atoms with Gasteiger partial charge in [0.2, 0.25) is 0 Å². The van der Waals surface area contributed by atoms with Gasteiger partial charge in [-0.2, -0.15) is 13.2 Å². The maximum absolute atomic E-state index is 12.4. The van der Waals surface area contributed by atoms with Gasteiger partial charge in [0.15, 0.2) is 0 Å². The van der Waals surface area contributed by atoms with E-state index in [1.165, 1.54) is 25.7 Å². The number of carbonyl (C=O) groups is 1. The number of carbonyl (C=O) groups excluding carboxylic acids is 1.